The van der Waals surface area contributed by atoms with Crippen LogP contribution in [0.25, 0.3) is 28.3 Å². The molecule has 218 valence electrons. The lowest BCUT2D eigenvalue weighted by atomic mass is 10.0. The van der Waals surface area contributed by atoms with Gasteiger partial charge in [-0.25, -0.2) is 13.8 Å². The molecule has 1 aromatic carbocycles. The number of halogens is 5. The van der Waals surface area contributed by atoms with Crippen LogP contribution >= 0.6 is 0 Å². The number of nitrogens with one attached hydrogen (secondary N) is 1. The Labute approximate surface area is 236 Å². The monoisotopic (exact) mass is 585 g/mol. The highest BCUT2D eigenvalue weighted by atomic mass is 19.4. The van der Waals surface area contributed by atoms with E-state index in [1.807, 2.05) is 0 Å². The van der Waals surface area contributed by atoms with Crippen molar-refractivity contribution in [1.29, 1.82) is 0 Å². The SMILES string of the molecule is Nc1ccc(C=CC(=O)NCc2cc3cc(-c4ccc(C(=O)N5CCC(F)(F)CC5)cn4)cc(C(F)(F)F)c3o2)cn1. The lowest BCUT2D eigenvalue weighted by Crippen LogP contribution is -2.42. The molecule has 1 aliphatic heterocycles. The van der Waals surface area contributed by atoms with Crippen molar-refractivity contribution in [3.8, 4) is 11.3 Å². The molecule has 2 amide bonds. The standard InChI is InChI=1S/C29H24F5N5O3/c30-28(31)7-9-39(10-8-28)27(41)18-3-4-23(36-15-18)19-11-20-12-21(42-26(20)22(13-19)29(32,33)34)16-38-25(40)6-2-17-1-5-24(35)37-14-17/h1-6,11-15H,7-10,16H2,(H2,35,37)(H,38,40). The minimum absolute atomic E-state index is 0.0984. The van der Waals surface area contributed by atoms with Gasteiger partial charge in [0, 0.05) is 55.4 Å². The van der Waals surface area contributed by atoms with Gasteiger partial charge in [0.15, 0.2) is 0 Å². The molecule has 5 rings (SSSR count). The maximum atomic E-state index is 14.0. The molecule has 1 saturated heterocycles. The molecule has 0 spiro atoms. The number of carbonyl (C=O) groups excluding carboxylic acids is 2. The van der Waals surface area contributed by atoms with Crippen molar-refractivity contribution >= 4 is 34.7 Å². The smallest absolute Gasteiger partial charge is 0.420 e. The molecule has 0 atom stereocenters. The van der Waals surface area contributed by atoms with Gasteiger partial charge in [0.1, 0.15) is 17.2 Å². The summed E-state index contributed by atoms with van der Waals surface area (Å²) < 4.78 is 74.3. The summed E-state index contributed by atoms with van der Waals surface area (Å²) in [6.07, 6.45) is -0.174. The maximum Gasteiger partial charge on any atom is 0.420 e. The molecule has 4 heterocycles. The summed E-state index contributed by atoms with van der Waals surface area (Å²) in [5.41, 5.74) is 5.17. The molecular formula is C29H24F5N5O3. The Morgan fingerprint density at radius 2 is 1.81 bits per heavy atom. The van der Waals surface area contributed by atoms with E-state index in [9.17, 15) is 31.5 Å². The number of furan rings is 1. The summed E-state index contributed by atoms with van der Waals surface area (Å²) in [6.45, 7) is -0.362. The lowest BCUT2D eigenvalue weighted by molar-refractivity contribution is -0.136. The largest absolute Gasteiger partial charge is 0.459 e. The second-order valence-electron chi connectivity index (χ2n) is 9.80. The Kier molecular flexibility index (Phi) is 7.67. The molecular weight excluding hydrogens is 561 g/mol. The highest BCUT2D eigenvalue weighted by molar-refractivity contribution is 5.94. The van der Waals surface area contributed by atoms with Crippen molar-refractivity contribution in [3.63, 3.8) is 0 Å². The van der Waals surface area contributed by atoms with E-state index in [-0.39, 0.29) is 47.6 Å². The first-order valence-corrected chi connectivity index (χ1v) is 12.8. The second-order valence-corrected chi connectivity index (χ2v) is 9.80. The van der Waals surface area contributed by atoms with Gasteiger partial charge in [-0.3, -0.25) is 14.6 Å². The second kappa shape index (κ2) is 11.2. The molecule has 8 nitrogen and oxygen atoms in total. The third-order valence-electron chi connectivity index (χ3n) is 6.73. The molecule has 3 aromatic heterocycles. The van der Waals surface area contributed by atoms with E-state index in [0.717, 1.165) is 6.07 Å². The summed E-state index contributed by atoms with van der Waals surface area (Å²) in [7, 11) is 0. The van der Waals surface area contributed by atoms with Crippen molar-refractivity contribution < 1.29 is 36.0 Å². The van der Waals surface area contributed by atoms with E-state index in [1.54, 1.807) is 12.1 Å². The number of anilines is 1. The Hall–Kier alpha value is -4.81. The number of hydrogen-bond donors (Lipinski definition) is 2. The van der Waals surface area contributed by atoms with Gasteiger partial charge in [-0.05, 0) is 54.1 Å². The van der Waals surface area contributed by atoms with Crippen LogP contribution in [0, 0.1) is 0 Å². The number of piperidine rings is 1. The molecule has 0 aliphatic carbocycles. The number of alkyl halides is 5. The van der Waals surface area contributed by atoms with Crippen molar-refractivity contribution in [2.75, 3.05) is 18.8 Å². The van der Waals surface area contributed by atoms with Crippen LogP contribution in [0.5, 0.6) is 0 Å². The van der Waals surface area contributed by atoms with E-state index in [0.29, 0.717) is 11.4 Å². The number of fused-ring (bicyclic) bond motifs is 1. The zero-order valence-corrected chi connectivity index (χ0v) is 21.9. The summed E-state index contributed by atoms with van der Waals surface area (Å²) in [6, 6.07) is 9.80. The molecule has 0 saturated carbocycles. The molecule has 1 aliphatic rings. The van der Waals surface area contributed by atoms with Gasteiger partial charge in [-0.15, -0.1) is 0 Å². The first kappa shape index (κ1) is 28.7. The van der Waals surface area contributed by atoms with Crippen molar-refractivity contribution in [2.45, 2.75) is 31.5 Å². The van der Waals surface area contributed by atoms with E-state index in [1.165, 1.54) is 53.7 Å². The van der Waals surface area contributed by atoms with E-state index in [2.05, 4.69) is 15.3 Å². The molecule has 42 heavy (non-hydrogen) atoms. The van der Waals surface area contributed by atoms with Crippen LogP contribution in [0.2, 0.25) is 0 Å². The number of amides is 2. The van der Waals surface area contributed by atoms with Crippen LogP contribution in [0.1, 0.15) is 40.1 Å². The minimum Gasteiger partial charge on any atom is -0.459 e. The van der Waals surface area contributed by atoms with E-state index in [4.69, 9.17) is 10.2 Å². The fourth-order valence-corrected chi connectivity index (χ4v) is 4.48. The van der Waals surface area contributed by atoms with Gasteiger partial charge in [0.25, 0.3) is 11.8 Å². The lowest BCUT2D eigenvalue weighted by Gasteiger charge is -2.31. The highest BCUT2D eigenvalue weighted by Gasteiger charge is 2.36. The number of aromatic nitrogens is 2. The fraction of sp³-hybridized carbons (Fsp3) is 0.241. The Bertz CT molecular complexity index is 1640. The topological polar surface area (TPSA) is 114 Å². The first-order chi connectivity index (χ1) is 19.9. The van der Waals surface area contributed by atoms with Gasteiger partial charge in [0.2, 0.25) is 5.91 Å². The molecule has 4 aromatic rings. The van der Waals surface area contributed by atoms with Crippen molar-refractivity contribution in [2.24, 2.45) is 0 Å². The number of pyridine rings is 2. The maximum absolute atomic E-state index is 14.0. The number of nitrogens with zero attached hydrogens (tertiary/aromatic N) is 3. The summed E-state index contributed by atoms with van der Waals surface area (Å²) >= 11 is 0. The number of hydrogen-bond acceptors (Lipinski definition) is 6. The van der Waals surface area contributed by atoms with Gasteiger partial charge in [0.05, 0.1) is 23.4 Å². The van der Waals surface area contributed by atoms with Crippen LogP contribution in [0.15, 0.2) is 65.4 Å². The van der Waals surface area contributed by atoms with Crippen LogP contribution < -0.4 is 11.1 Å². The number of rotatable bonds is 6. The van der Waals surface area contributed by atoms with Crippen molar-refractivity contribution in [1.82, 2.24) is 20.2 Å². The quantitative estimate of drug-likeness (QED) is 0.222. The summed E-state index contributed by atoms with van der Waals surface area (Å²) in [5, 5.41) is 2.70. The van der Waals surface area contributed by atoms with E-state index >= 15 is 0 Å². The van der Waals surface area contributed by atoms with Crippen LogP contribution in [0.3, 0.4) is 0 Å². The Balaban J connectivity index is 1.33. The third-order valence-corrected chi connectivity index (χ3v) is 6.73. The predicted octanol–water partition coefficient (Wildman–Crippen LogP) is 5.69. The zero-order chi connectivity index (χ0) is 30.1. The van der Waals surface area contributed by atoms with Crippen LogP contribution in [-0.2, 0) is 17.5 Å². The fourth-order valence-electron chi connectivity index (χ4n) is 4.48. The molecule has 1 fully saturated rings. The number of carbonyl (C=O) groups is 2. The number of likely N-dealkylation sites (tertiary alicyclic amines) is 1. The molecule has 13 heteroatoms. The Morgan fingerprint density at radius 3 is 2.45 bits per heavy atom. The normalized spacial score (nSPS) is 15.3. The Morgan fingerprint density at radius 1 is 1.05 bits per heavy atom. The molecule has 0 bridgehead atoms. The van der Waals surface area contributed by atoms with Crippen LogP contribution in [-0.4, -0.2) is 45.7 Å². The number of nitrogen functional groups attached to an aromatic ring is 1. The van der Waals surface area contributed by atoms with Gasteiger partial charge >= 0.3 is 6.18 Å². The molecule has 0 unspecified atom stereocenters. The molecule has 0 radical (unpaired) electrons. The van der Waals surface area contributed by atoms with Crippen molar-refractivity contribution in [3.05, 3.63) is 83.4 Å². The average molecular weight is 586 g/mol. The predicted molar refractivity (Wildman–Crippen MR) is 144 cm³/mol. The minimum atomic E-state index is -4.76. The molecule has 3 N–H and O–H groups in total. The van der Waals surface area contributed by atoms with Gasteiger partial charge < -0.3 is 20.4 Å². The van der Waals surface area contributed by atoms with Gasteiger partial charge in [-0.1, -0.05) is 0 Å². The highest BCUT2D eigenvalue weighted by Crippen LogP contribution is 2.39. The number of benzene rings is 1. The summed E-state index contributed by atoms with van der Waals surface area (Å²) in [5.74, 6) is -3.35. The van der Waals surface area contributed by atoms with Crippen LogP contribution in [0.4, 0.5) is 27.8 Å². The third kappa shape index (κ3) is 6.56. The van der Waals surface area contributed by atoms with Gasteiger partial charge in [-0.2, -0.15) is 13.2 Å². The first-order valence-electron chi connectivity index (χ1n) is 12.8. The number of nitrogens with two attached hydrogens (primary N) is 1. The summed E-state index contributed by atoms with van der Waals surface area (Å²) in [4.78, 5) is 34.3. The van der Waals surface area contributed by atoms with E-state index < -0.39 is 47.9 Å². The zero-order valence-electron chi connectivity index (χ0n) is 21.9. The average Bonchev–Trinajstić information content (AvgIpc) is 3.37.